The van der Waals surface area contributed by atoms with E-state index in [2.05, 4.69) is 4.98 Å². The Balaban J connectivity index is 2.34. The van der Waals surface area contributed by atoms with E-state index in [0.717, 1.165) is 16.3 Å². The average molecular weight is 302 g/mol. The van der Waals surface area contributed by atoms with Crippen molar-refractivity contribution in [3.8, 4) is 11.3 Å². The molecule has 0 bridgehead atoms. The Morgan fingerprint density at radius 3 is 2.57 bits per heavy atom. The molecule has 3 aromatic rings. The number of nitrogen functional groups attached to an aromatic ring is 2. The molecule has 4 N–H and O–H groups in total. The summed E-state index contributed by atoms with van der Waals surface area (Å²) in [7, 11) is 0. The van der Waals surface area contributed by atoms with Gasteiger partial charge >= 0.3 is 0 Å². The molecule has 5 heteroatoms. The summed E-state index contributed by atoms with van der Waals surface area (Å²) in [6.07, 6.45) is 0. The van der Waals surface area contributed by atoms with Crippen molar-refractivity contribution in [3.63, 3.8) is 0 Å². The van der Waals surface area contributed by atoms with Crippen LogP contribution in [0, 0.1) is 12.7 Å². The molecule has 0 aliphatic rings. The number of anilines is 2. The second-order valence-electron chi connectivity index (χ2n) is 4.91. The van der Waals surface area contributed by atoms with Gasteiger partial charge < -0.3 is 11.5 Å². The van der Waals surface area contributed by atoms with Crippen molar-refractivity contribution >= 4 is 33.9 Å². The second-order valence-corrected chi connectivity index (χ2v) is 5.34. The molecule has 3 nitrogen and oxygen atoms in total. The molecule has 21 heavy (non-hydrogen) atoms. The lowest BCUT2D eigenvalue weighted by molar-refractivity contribution is 0.631. The van der Waals surface area contributed by atoms with Crippen LogP contribution in [0.15, 0.2) is 36.4 Å². The highest BCUT2D eigenvalue weighted by Gasteiger charge is 2.12. The zero-order chi connectivity index (χ0) is 15.1. The lowest BCUT2D eigenvalue weighted by Gasteiger charge is -2.11. The number of aryl methyl sites for hydroxylation is 1. The first-order chi connectivity index (χ1) is 9.97. The van der Waals surface area contributed by atoms with E-state index in [1.54, 1.807) is 6.07 Å². The number of pyridine rings is 1. The van der Waals surface area contributed by atoms with Crippen molar-refractivity contribution in [2.75, 3.05) is 11.5 Å². The van der Waals surface area contributed by atoms with Crippen molar-refractivity contribution in [1.82, 2.24) is 4.98 Å². The molecule has 0 amide bonds. The summed E-state index contributed by atoms with van der Waals surface area (Å²) in [5.41, 5.74) is 14.3. The molecule has 0 aliphatic heterocycles. The number of rotatable bonds is 1. The van der Waals surface area contributed by atoms with E-state index in [4.69, 9.17) is 23.1 Å². The molecular weight excluding hydrogens is 289 g/mol. The third kappa shape index (κ3) is 2.28. The molecular formula is C16H13ClFN3. The summed E-state index contributed by atoms with van der Waals surface area (Å²) in [5, 5.41) is 1.95. The highest BCUT2D eigenvalue weighted by Crippen LogP contribution is 2.33. The van der Waals surface area contributed by atoms with Crippen molar-refractivity contribution in [2.24, 2.45) is 0 Å². The smallest absolute Gasteiger partial charge is 0.132 e. The number of nitrogens with two attached hydrogens (primary N) is 2. The highest BCUT2D eigenvalue weighted by atomic mass is 35.5. The number of hydrogen-bond acceptors (Lipinski definition) is 3. The predicted octanol–water partition coefficient (Wildman–Crippen LogP) is 4.17. The molecule has 0 atom stereocenters. The van der Waals surface area contributed by atoms with Gasteiger partial charge in [-0.3, -0.25) is 0 Å². The number of fused-ring (bicyclic) bond motifs is 1. The highest BCUT2D eigenvalue weighted by molar-refractivity contribution is 6.30. The minimum absolute atomic E-state index is 0.303. The fourth-order valence-corrected chi connectivity index (χ4v) is 2.49. The van der Waals surface area contributed by atoms with Gasteiger partial charge in [0.2, 0.25) is 0 Å². The van der Waals surface area contributed by atoms with E-state index >= 15 is 0 Å². The number of hydrogen-bond donors (Lipinski definition) is 2. The summed E-state index contributed by atoms with van der Waals surface area (Å²) in [5.74, 6) is -0.0922. The number of halogens is 2. The maximum atomic E-state index is 14.0. The van der Waals surface area contributed by atoms with Crippen LogP contribution in [-0.2, 0) is 0 Å². The van der Waals surface area contributed by atoms with Crippen molar-refractivity contribution in [3.05, 3.63) is 52.8 Å². The molecule has 3 rings (SSSR count). The van der Waals surface area contributed by atoms with Crippen LogP contribution in [0.2, 0.25) is 5.02 Å². The van der Waals surface area contributed by atoms with Crippen LogP contribution in [0.4, 0.5) is 15.9 Å². The SMILES string of the molecule is Cc1ccc2c(N)nc(-c3cc(Cl)ccc3F)cc2c1N. The van der Waals surface area contributed by atoms with Crippen molar-refractivity contribution < 1.29 is 4.39 Å². The third-order valence-corrected chi connectivity index (χ3v) is 3.74. The Bertz CT molecular complexity index is 862. The van der Waals surface area contributed by atoms with E-state index in [1.807, 2.05) is 19.1 Å². The summed E-state index contributed by atoms with van der Waals surface area (Å²) in [6.45, 7) is 1.91. The molecule has 106 valence electrons. The Hall–Kier alpha value is -2.33. The van der Waals surface area contributed by atoms with E-state index in [0.29, 0.717) is 27.8 Å². The fraction of sp³-hybridized carbons (Fsp3) is 0.0625. The second kappa shape index (κ2) is 4.90. The molecule has 0 saturated heterocycles. The van der Waals surface area contributed by atoms with E-state index in [1.165, 1.54) is 18.2 Å². The minimum atomic E-state index is -0.406. The summed E-state index contributed by atoms with van der Waals surface area (Å²) in [6, 6.07) is 9.80. The van der Waals surface area contributed by atoms with Gasteiger partial charge in [-0.25, -0.2) is 9.37 Å². The summed E-state index contributed by atoms with van der Waals surface area (Å²) >= 11 is 5.93. The maximum absolute atomic E-state index is 14.0. The Kier molecular flexibility index (Phi) is 3.18. The van der Waals surface area contributed by atoms with Crippen LogP contribution in [0.1, 0.15) is 5.56 Å². The monoisotopic (exact) mass is 301 g/mol. The first-order valence-electron chi connectivity index (χ1n) is 6.38. The minimum Gasteiger partial charge on any atom is -0.398 e. The standard InChI is InChI=1S/C16H13ClFN3/c1-8-2-4-10-11(15(8)19)7-14(21-16(10)20)12-6-9(17)3-5-13(12)18/h2-7H,19H2,1H3,(H2,20,21). The third-order valence-electron chi connectivity index (χ3n) is 3.51. The van der Waals surface area contributed by atoms with Crippen LogP contribution >= 0.6 is 11.6 Å². The maximum Gasteiger partial charge on any atom is 0.132 e. The molecule has 0 unspecified atom stereocenters. The van der Waals surface area contributed by atoms with Gasteiger partial charge in [-0.05, 0) is 36.8 Å². The lowest BCUT2D eigenvalue weighted by Crippen LogP contribution is -1.99. The van der Waals surface area contributed by atoms with E-state index < -0.39 is 5.82 Å². The lowest BCUT2D eigenvalue weighted by atomic mass is 10.0. The van der Waals surface area contributed by atoms with Gasteiger partial charge in [0, 0.05) is 27.0 Å². The van der Waals surface area contributed by atoms with Crippen LogP contribution < -0.4 is 11.5 Å². The van der Waals surface area contributed by atoms with Crippen molar-refractivity contribution in [1.29, 1.82) is 0 Å². The van der Waals surface area contributed by atoms with Gasteiger partial charge in [0.05, 0.1) is 5.69 Å². The van der Waals surface area contributed by atoms with Crippen LogP contribution in [0.3, 0.4) is 0 Å². The van der Waals surface area contributed by atoms with Gasteiger partial charge in [-0.15, -0.1) is 0 Å². The Morgan fingerprint density at radius 1 is 1.05 bits per heavy atom. The molecule has 1 heterocycles. The molecule has 0 radical (unpaired) electrons. The molecule has 0 fully saturated rings. The zero-order valence-electron chi connectivity index (χ0n) is 11.3. The summed E-state index contributed by atoms with van der Waals surface area (Å²) in [4.78, 5) is 4.27. The predicted molar refractivity (Wildman–Crippen MR) is 85.7 cm³/mol. The van der Waals surface area contributed by atoms with Gasteiger partial charge in [0.1, 0.15) is 11.6 Å². The Morgan fingerprint density at radius 2 is 1.81 bits per heavy atom. The number of aromatic nitrogens is 1. The van der Waals surface area contributed by atoms with Crippen molar-refractivity contribution in [2.45, 2.75) is 6.92 Å². The number of benzene rings is 2. The van der Waals surface area contributed by atoms with Gasteiger partial charge in [0.15, 0.2) is 0 Å². The van der Waals surface area contributed by atoms with E-state index in [9.17, 15) is 4.39 Å². The van der Waals surface area contributed by atoms with Gasteiger partial charge in [-0.1, -0.05) is 23.7 Å². The average Bonchev–Trinajstić information content (AvgIpc) is 2.45. The van der Waals surface area contributed by atoms with Gasteiger partial charge in [-0.2, -0.15) is 0 Å². The van der Waals surface area contributed by atoms with Crippen LogP contribution in [-0.4, -0.2) is 4.98 Å². The quantitative estimate of drug-likeness (QED) is 0.663. The first-order valence-corrected chi connectivity index (χ1v) is 6.76. The van der Waals surface area contributed by atoms with Gasteiger partial charge in [0.25, 0.3) is 0 Å². The molecule has 2 aromatic carbocycles. The topological polar surface area (TPSA) is 64.9 Å². The van der Waals surface area contributed by atoms with Crippen LogP contribution in [0.5, 0.6) is 0 Å². The largest absolute Gasteiger partial charge is 0.398 e. The first kappa shape index (κ1) is 13.6. The van der Waals surface area contributed by atoms with Crippen LogP contribution in [0.25, 0.3) is 22.0 Å². The molecule has 0 spiro atoms. The Labute approximate surface area is 126 Å². The molecule has 1 aromatic heterocycles. The molecule has 0 saturated carbocycles. The summed E-state index contributed by atoms with van der Waals surface area (Å²) < 4.78 is 14.0. The molecule has 0 aliphatic carbocycles. The fourth-order valence-electron chi connectivity index (χ4n) is 2.32. The number of nitrogens with zero attached hydrogens (tertiary/aromatic N) is 1. The normalized spacial score (nSPS) is 11.0. The zero-order valence-corrected chi connectivity index (χ0v) is 12.1. The van der Waals surface area contributed by atoms with E-state index in [-0.39, 0.29) is 0 Å².